The van der Waals surface area contributed by atoms with Crippen molar-refractivity contribution in [3.8, 4) is 5.75 Å². The van der Waals surface area contributed by atoms with E-state index in [2.05, 4.69) is 14.9 Å². The number of aryl methyl sites for hydroxylation is 4. The Morgan fingerprint density at radius 2 is 1.95 bits per heavy atom. The fourth-order valence-electron chi connectivity index (χ4n) is 2.31. The highest BCUT2D eigenvalue weighted by Gasteiger charge is 2.21. The van der Waals surface area contributed by atoms with E-state index in [1.54, 1.807) is 13.8 Å². The fourth-order valence-corrected chi connectivity index (χ4v) is 3.69. The maximum absolute atomic E-state index is 12.2. The van der Waals surface area contributed by atoms with Gasteiger partial charge in [0, 0.05) is 6.54 Å². The molecule has 120 valence electrons. The van der Waals surface area contributed by atoms with Crippen LogP contribution in [0, 0.1) is 27.7 Å². The van der Waals surface area contributed by atoms with Gasteiger partial charge in [0.2, 0.25) is 10.0 Å². The molecule has 7 heteroatoms. The predicted molar refractivity (Wildman–Crippen MR) is 84.7 cm³/mol. The van der Waals surface area contributed by atoms with Crippen molar-refractivity contribution >= 4 is 10.0 Å². The molecule has 0 amide bonds. The molecule has 0 aliphatic rings. The van der Waals surface area contributed by atoms with Crippen molar-refractivity contribution in [2.75, 3.05) is 13.2 Å². The van der Waals surface area contributed by atoms with Crippen LogP contribution in [0.2, 0.25) is 0 Å². The van der Waals surface area contributed by atoms with Gasteiger partial charge in [-0.15, -0.1) is 0 Å². The summed E-state index contributed by atoms with van der Waals surface area (Å²) in [7, 11) is -3.57. The molecule has 0 fully saturated rings. The molecule has 22 heavy (non-hydrogen) atoms. The van der Waals surface area contributed by atoms with E-state index in [0.29, 0.717) is 11.4 Å². The third-order valence-electron chi connectivity index (χ3n) is 3.31. The summed E-state index contributed by atoms with van der Waals surface area (Å²) >= 11 is 0. The van der Waals surface area contributed by atoms with Crippen LogP contribution in [0.1, 0.15) is 22.5 Å². The van der Waals surface area contributed by atoms with Crippen LogP contribution in [0.3, 0.4) is 0 Å². The third kappa shape index (κ3) is 3.66. The Kier molecular flexibility index (Phi) is 4.87. The summed E-state index contributed by atoms with van der Waals surface area (Å²) in [5.74, 6) is 0.764. The van der Waals surface area contributed by atoms with Gasteiger partial charge in [-0.05, 0) is 39.3 Å². The number of nitrogens with one attached hydrogen (secondary N) is 2. The van der Waals surface area contributed by atoms with Crippen molar-refractivity contribution in [3.05, 3.63) is 40.7 Å². The number of rotatable bonds is 6. The summed E-state index contributed by atoms with van der Waals surface area (Å²) in [6.45, 7) is 7.77. The number of nitrogens with zero attached hydrogens (tertiary/aromatic N) is 1. The van der Waals surface area contributed by atoms with Crippen molar-refractivity contribution < 1.29 is 13.2 Å². The monoisotopic (exact) mass is 323 g/mol. The van der Waals surface area contributed by atoms with Gasteiger partial charge in [0.15, 0.2) is 0 Å². The fraction of sp³-hybridized carbons (Fsp3) is 0.400. The Bertz CT molecular complexity index is 747. The van der Waals surface area contributed by atoms with Gasteiger partial charge in [0.25, 0.3) is 0 Å². The summed E-state index contributed by atoms with van der Waals surface area (Å²) < 4.78 is 32.6. The highest BCUT2D eigenvalue weighted by Crippen LogP contribution is 2.19. The van der Waals surface area contributed by atoms with Crippen LogP contribution >= 0.6 is 0 Å². The van der Waals surface area contributed by atoms with Gasteiger partial charge in [0.1, 0.15) is 17.3 Å². The first kappa shape index (κ1) is 16.5. The topological polar surface area (TPSA) is 84.1 Å². The lowest BCUT2D eigenvalue weighted by Gasteiger charge is -2.11. The minimum atomic E-state index is -3.57. The first-order chi connectivity index (χ1) is 10.3. The summed E-state index contributed by atoms with van der Waals surface area (Å²) in [4.78, 5) is 0.207. The number of aromatic amines is 1. The molecule has 0 atom stereocenters. The molecule has 0 spiro atoms. The number of hydrogen-bond donors (Lipinski definition) is 2. The molecule has 0 aliphatic heterocycles. The van der Waals surface area contributed by atoms with Gasteiger partial charge in [-0.2, -0.15) is 5.10 Å². The summed E-state index contributed by atoms with van der Waals surface area (Å²) in [5.41, 5.74) is 3.18. The van der Waals surface area contributed by atoms with E-state index in [9.17, 15) is 8.42 Å². The van der Waals surface area contributed by atoms with Crippen molar-refractivity contribution in [2.24, 2.45) is 0 Å². The summed E-state index contributed by atoms with van der Waals surface area (Å²) in [6, 6.07) is 5.88. The van der Waals surface area contributed by atoms with E-state index in [1.807, 2.05) is 32.0 Å². The van der Waals surface area contributed by atoms with Crippen LogP contribution in [-0.2, 0) is 10.0 Å². The van der Waals surface area contributed by atoms with Gasteiger partial charge in [-0.25, -0.2) is 13.1 Å². The number of H-pyrrole nitrogens is 1. The molecule has 6 nitrogen and oxygen atoms in total. The molecule has 1 aromatic heterocycles. The Balaban J connectivity index is 1.94. The maximum atomic E-state index is 12.2. The smallest absolute Gasteiger partial charge is 0.244 e. The highest BCUT2D eigenvalue weighted by atomic mass is 32.2. The molecule has 2 N–H and O–H groups in total. The zero-order chi connectivity index (χ0) is 16.3. The van der Waals surface area contributed by atoms with Gasteiger partial charge in [0.05, 0.1) is 11.4 Å². The number of ether oxygens (including phenoxy) is 1. The Morgan fingerprint density at radius 3 is 2.55 bits per heavy atom. The zero-order valence-corrected chi connectivity index (χ0v) is 14.0. The van der Waals surface area contributed by atoms with Crippen molar-refractivity contribution in [1.82, 2.24) is 14.9 Å². The molecular weight excluding hydrogens is 302 g/mol. The Morgan fingerprint density at radius 1 is 1.23 bits per heavy atom. The highest BCUT2D eigenvalue weighted by molar-refractivity contribution is 7.89. The van der Waals surface area contributed by atoms with E-state index in [0.717, 1.165) is 16.9 Å². The average Bonchev–Trinajstić information content (AvgIpc) is 2.77. The summed E-state index contributed by atoms with van der Waals surface area (Å²) in [5, 5.41) is 6.57. The first-order valence-electron chi connectivity index (χ1n) is 7.02. The molecule has 0 aliphatic carbocycles. The van der Waals surface area contributed by atoms with Crippen molar-refractivity contribution in [2.45, 2.75) is 32.6 Å². The molecule has 0 saturated heterocycles. The SMILES string of the molecule is Cc1ccc(OCCNS(=O)(=O)c2c(C)n[nH]c2C)c(C)c1. The second-order valence-electron chi connectivity index (χ2n) is 5.28. The molecule has 2 rings (SSSR count). The number of benzene rings is 1. The normalized spacial score (nSPS) is 11.6. The maximum Gasteiger partial charge on any atom is 0.244 e. The largest absolute Gasteiger partial charge is 0.492 e. The molecule has 2 aromatic rings. The lowest BCUT2D eigenvalue weighted by Crippen LogP contribution is -2.29. The van der Waals surface area contributed by atoms with Gasteiger partial charge < -0.3 is 4.74 Å². The number of hydrogen-bond acceptors (Lipinski definition) is 4. The van der Waals surface area contributed by atoms with Gasteiger partial charge in [-0.3, -0.25) is 5.10 Å². The van der Waals surface area contributed by atoms with Crippen LogP contribution in [0.25, 0.3) is 0 Å². The first-order valence-corrected chi connectivity index (χ1v) is 8.51. The Labute approximate surface area is 130 Å². The van der Waals surface area contributed by atoms with Crippen molar-refractivity contribution in [3.63, 3.8) is 0 Å². The predicted octanol–water partition coefficient (Wildman–Crippen LogP) is 2.00. The molecular formula is C15H21N3O3S. The zero-order valence-electron chi connectivity index (χ0n) is 13.2. The average molecular weight is 323 g/mol. The van der Waals surface area contributed by atoms with E-state index in [-0.39, 0.29) is 18.0 Å². The van der Waals surface area contributed by atoms with Crippen LogP contribution < -0.4 is 9.46 Å². The minimum absolute atomic E-state index is 0.194. The molecule has 1 heterocycles. The molecule has 0 unspecified atom stereocenters. The summed E-state index contributed by atoms with van der Waals surface area (Å²) in [6.07, 6.45) is 0. The third-order valence-corrected chi connectivity index (χ3v) is 5.03. The molecule has 0 bridgehead atoms. The van der Waals surface area contributed by atoms with Gasteiger partial charge >= 0.3 is 0 Å². The van der Waals surface area contributed by atoms with Crippen LogP contribution in [-0.4, -0.2) is 31.8 Å². The van der Waals surface area contributed by atoms with Crippen LogP contribution in [0.4, 0.5) is 0 Å². The second-order valence-corrected chi connectivity index (χ2v) is 6.98. The number of aromatic nitrogens is 2. The Hall–Kier alpha value is -1.86. The quantitative estimate of drug-likeness (QED) is 0.796. The van der Waals surface area contributed by atoms with E-state index >= 15 is 0 Å². The van der Waals surface area contributed by atoms with Crippen LogP contribution in [0.5, 0.6) is 5.75 Å². The number of sulfonamides is 1. The minimum Gasteiger partial charge on any atom is -0.492 e. The van der Waals surface area contributed by atoms with E-state index in [4.69, 9.17) is 4.74 Å². The lowest BCUT2D eigenvalue weighted by molar-refractivity contribution is 0.320. The standard InChI is InChI=1S/C15H21N3O3S/c1-10-5-6-14(11(2)9-10)21-8-7-16-22(19,20)15-12(3)17-18-13(15)4/h5-6,9,16H,7-8H2,1-4H3,(H,17,18). The second kappa shape index (κ2) is 6.50. The molecule has 0 radical (unpaired) electrons. The van der Waals surface area contributed by atoms with Gasteiger partial charge in [-0.1, -0.05) is 17.7 Å². The molecule has 1 aromatic carbocycles. The van der Waals surface area contributed by atoms with E-state index < -0.39 is 10.0 Å². The molecule has 0 saturated carbocycles. The van der Waals surface area contributed by atoms with Crippen molar-refractivity contribution in [1.29, 1.82) is 0 Å². The van der Waals surface area contributed by atoms with Crippen LogP contribution in [0.15, 0.2) is 23.1 Å². The van der Waals surface area contributed by atoms with E-state index in [1.165, 1.54) is 0 Å². The lowest BCUT2D eigenvalue weighted by atomic mass is 10.1.